The van der Waals surface area contributed by atoms with Gasteiger partial charge in [0.15, 0.2) is 0 Å². The van der Waals surface area contributed by atoms with Gasteiger partial charge in [-0.3, -0.25) is 0 Å². The van der Waals surface area contributed by atoms with E-state index in [1.54, 1.807) is 6.08 Å². The van der Waals surface area contributed by atoms with E-state index in [-0.39, 0.29) is 0 Å². The van der Waals surface area contributed by atoms with Gasteiger partial charge in [-0.25, -0.2) is 14.8 Å². The van der Waals surface area contributed by atoms with Crippen LogP contribution >= 0.6 is 22.6 Å². The largest absolute Gasteiger partial charge is 0.480 e. The van der Waals surface area contributed by atoms with Crippen LogP contribution in [0, 0.1) is 3.57 Å². The third kappa shape index (κ3) is 3.81. The molecule has 6 nitrogen and oxygen atoms in total. The lowest BCUT2D eigenvalue weighted by molar-refractivity contribution is -0.137. The lowest BCUT2D eigenvalue weighted by Crippen LogP contribution is -2.32. The number of fused-ring (bicyclic) bond motifs is 1. The Balaban J connectivity index is 1.95. The average Bonchev–Trinajstić information content (AvgIpc) is 2.92. The number of aliphatic carboxylic acids is 1. The average molecular weight is 448 g/mol. The van der Waals surface area contributed by atoms with Crippen LogP contribution in [-0.2, 0) is 17.8 Å². The number of carboxylic acids is 1. The molecule has 0 saturated carbocycles. The van der Waals surface area contributed by atoms with Crippen LogP contribution in [0.1, 0.15) is 5.56 Å². The van der Waals surface area contributed by atoms with Crippen molar-refractivity contribution in [2.75, 3.05) is 5.32 Å². The van der Waals surface area contributed by atoms with Gasteiger partial charge >= 0.3 is 5.97 Å². The predicted octanol–water partition coefficient (Wildman–Crippen LogP) is 3.33. The standard InChI is InChI=1S/C18H17IN4O2/c1-2-8-23-10-13(19)15-16(20-11-21-17(15)23)22-14(18(24)25)9-12-6-4-3-5-7-12/h2-7,10-11,14H,1,8-9H2,(H,24,25)(H,20,21,22). The molecule has 2 N–H and O–H groups in total. The van der Waals surface area contributed by atoms with E-state index in [4.69, 9.17) is 0 Å². The Morgan fingerprint density at radius 3 is 2.80 bits per heavy atom. The minimum absolute atomic E-state index is 0.367. The summed E-state index contributed by atoms with van der Waals surface area (Å²) < 4.78 is 2.92. The first-order chi connectivity index (χ1) is 12.1. The van der Waals surface area contributed by atoms with E-state index in [0.29, 0.717) is 18.8 Å². The van der Waals surface area contributed by atoms with Crippen LogP contribution in [0.2, 0.25) is 0 Å². The number of rotatable bonds is 7. The molecule has 2 aromatic heterocycles. The number of aromatic nitrogens is 3. The lowest BCUT2D eigenvalue weighted by Gasteiger charge is -2.16. The summed E-state index contributed by atoms with van der Waals surface area (Å²) in [5, 5.41) is 13.5. The molecule has 3 rings (SSSR count). The van der Waals surface area contributed by atoms with E-state index < -0.39 is 12.0 Å². The van der Waals surface area contributed by atoms with E-state index in [0.717, 1.165) is 20.2 Å². The van der Waals surface area contributed by atoms with Gasteiger partial charge in [0.1, 0.15) is 23.8 Å². The molecular weight excluding hydrogens is 431 g/mol. The zero-order valence-electron chi connectivity index (χ0n) is 13.4. The highest BCUT2D eigenvalue weighted by atomic mass is 127. The van der Waals surface area contributed by atoms with Crippen molar-refractivity contribution in [2.24, 2.45) is 0 Å². The van der Waals surface area contributed by atoms with E-state index in [1.165, 1.54) is 6.33 Å². The van der Waals surface area contributed by atoms with E-state index in [9.17, 15) is 9.90 Å². The highest BCUT2D eigenvalue weighted by Gasteiger charge is 2.21. The number of anilines is 1. The monoisotopic (exact) mass is 448 g/mol. The van der Waals surface area contributed by atoms with Crippen LogP contribution in [0.5, 0.6) is 0 Å². The molecular formula is C18H17IN4O2. The summed E-state index contributed by atoms with van der Waals surface area (Å²) in [5.41, 5.74) is 1.71. The second kappa shape index (κ2) is 7.64. The van der Waals surface area contributed by atoms with Gasteiger partial charge in [-0.2, -0.15) is 0 Å². The number of hydrogen-bond donors (Lipinski definition) is 2. The third-order valence-corrected chi connectivity index (χ3v) is 4.64. The van der Waals surface area contributed by atoms with Crippen molar-refractivity contribution in [1.29, 1.82) is 0 Å². The van der Waals surface area contributed by atoms with Crippen molar-refractivity contribution in [3.8, 4) is 0 Å². The Morgan fingerprint density at radius 2 is 2.12 bits per heavy atom. The summed E-state index contributed by atoms with van der Waals surface area (Å²) in [4.78, 5) is 20.3. The number of nitrogens with zero attached hydrogens (tertiary/aromatic N) is 3. The Bertz CT molecular complexity index is 908. The highest BCUT2D eigenvalue weighted by molar-refractivity contribution is 14.1. The van der Waals surface area contributed by atoms with Crippen molar-refractivity contribution in [3.05, 3.63) is 64.6 Å². The number of nitrogens with one attached hydrogen (secondary N) is 1. The second-order valence-corrected chi connectivity index (χ2v) is 6.73. The molecule has 0 saturated heterocycles. The van der Waals surface area contributed by atoms with Gasteiger partial charge in [0, 0.05) is 22.7 Å². The highest BCUT2D eigenvalue weighted by Crippen LogP contribution is 2.27. The number of benzene rings is 1. The maximum Gasteiger partial charge on any atom is 0.326 e. The minimum Gasteiger partial charge on any atom is -0.480 e. The molecule has 0 aliphatic heterocycles. The zero-order valence-corrected chi connectivity index (χ0v) is 15.6. The molecule has 0 radical (unpaired) electrons. The first-order valence-electron chi connectivity index (χ1n) is 7.73. The number of carboxylic acid groups (broad SMARTS) is 1. The number of allylic oxidation sites excluding steroid dienone is 1. The first-order valence-corrected chi connectivity index (χ1v) is 8.81. The molecule has 0 spiro atoms. The van der Waals surface area contributed by atoms with Crippen molar-refractivity contribution >= 4 is 45.4 Å². The Hall–Kier alpha value is -2.42. The SMILES string of the molecule is C=CCn1cc(I)c2c(NC(Cc3ccccc3)C(=O)O)ncnc21. The molecule has 0 aliphatic carbocycles. The van der Waals surface area contributed by atoms with Gasteiger partial charge in [-0.05, 0) is 28.2 Å². The van der Waals surface area contributed by atoms with Gasteiger partial charge in [-0.1, -0.05) is 36.4 Å². The molecule has 2 heterocycles. The molecule has 3 aromatic rings. The first kappa shape index (κ1) is 17.4. The third-order valence-electron chi connectivity index (χ3n) is 3.82. The van der Waals surface area contributed by atoms with Gasteiger partial charge in [-0.15, -0.1) is 6.58 Å². The van der Waals surface area contributed by atoms with Gasteiger partial charge in [0.05, 0.1) is 5.39 Å². The molecule has 0 bridgehead atoms. The van der Waals surface area contributed by atoms with E-state index in [1.807, 2.05) is 41.1 Å². The van der Waals surface area contributed by atoms with Crippen molar-refractivity contribution < 1.29 is 9.90 Å². The van der Waals surface area contributed by atoms with E-state index in [2.05, 4.69) is 44.5 Å². The molecule has 1 unspecified atom stereocenters. The van der Waals surface area contributed by atoms with Gasteiger partial charge < -0.3 is 15.0 Å². The second-order valence-electron chi connectivity index (χ2n) is 5.56. The predicted molar refractivity (Wildman–Crippen MR) is 106 cm³/mol. The van der Waals surface area contributed by atoms with Crippen LogP contribution in [0.25, 0.3) is 11.0 Å². The number of hydrogen-bond acceptors (Lipinski definition) is 4. The molecule has 0 amide bonds. The van der Waals surface area contributed by atoms with Gasteiger partial charge in [0.2, 0.25) is 0 Å². The van der Waals surface area contributed by atoms with Crippen LogP contribution in [0.3, 0.4) is 0 Å². The maximum absolute atomic E-state index is 11.7. The normalized spacial score (nSPS) is 12.0. The molecule has 1 atom stereocenters. The summed E-state index contributed by atoms with van der Waals surface area (Å²) in [5.74, 6) is -0.392. The van der Waals surface area contributed by atoms with Crippen molar-refractivity contribution in [3.63, 3.8) is 0 Å². The van der Waals surface area contributed by atoms with Crippen LogP contribution < -0.4 is 5.32 Å². The molecule has 25 heavy (non-hydrogen) atoms. The summed E-state index contributed by atoms with van der Waals surface area (Å²) in [6.07, 6.45) is 5.56. The van der Waals surface area contributed by atoms with Crippen LogP contribution in [-0.4, -0.2) is 31.7 Å². The molecule has 128 valence electrons. The fourth-order valence-corrected chi connectivity index (χ4v) is 3.51. The van der Waals surface area contributed by atoms with Crippen molar-refractivity contribution in [2.45, 2.75) is 19.0 Å². The fraction of sp³-hybridized carbons (Fsp3) is 0.167. The molecule has 1 aromatic carbocycles. The molecule has 0 aliphatic rings. The van der Waals surface area contributed by atoms with Crippen LogP contribution in [0.4, 0.5) is 5.82 Å². The van der Waals surface area contributed by atoms with E-state index >= 15 is 0 Å². The summed E-state index contributed by atoms with van der Waals surface area (Å²) in [7, 11) is 0. The summed E-state index contributed by atoms with van der Waals surface area (Å²) in [6.45, 7) is 4.38. The van der Waals surface area contributed by atoms with Crippen LogP contribution in [0.15, 0.2) is 55.5 Å². The summed E-state index contributed by atoms with van der Waals surface area (Å²) >= 11 is 2.21. The molecule has 7 heteroatoms. The molecule has 0 fully saturated rings. The number of carbonyl (C=O) groups is 1. The van der Waals surface area contributed by atoms with Gasteiger partial charge in [0.25, 0.3) is 0 Å². The zero-order chi connectivity index (χ0) is 17.8. The van der Waals surface area contributed by atoms with Crippen molar-refractivity contribution in [1.82, 2.24) is 14.5 Å². The summed E-state index contributed by atoms with van der Waals surface area (Å²) in [6, 6.07) is 8.75. The maximum atomic E-state index is 11.7. The lowest BCUT2D eigenvalue weighted by atomic mass is 10.1. The Labute approximate surface area is 158 Å². The minimum atomic E-state index is -0.920. The topological polar surface area (TPSA) is 80.0 Å². The Morgan fingerprint density at radius 1 is 1.36 bits per heavy atom. The fourth-order valence-electron chi connectivity index (χ4n) is 2.68. The smallest absolute Gasteiger partial charge is 0.326 e. The Kier molecular flexibility index (Phi) is 5.32. The number of halogens is 1. The quantitative estimate of drug-likeness (QED) is 0.428.